The summed E-state index contributed by atoms with van der Waals surface area (Å²) >= 11 is 0. The van der Waals surface area contributed by atoms with E-state index in [0.29, 0.717) is 49.9 Å². The molecule has 0 saturated heterocycles. The minimum Gasteiger partial charge on any atom is -0.289 e. The summed E-state index contributed by atoms with van der Waals surface area (Å²) in [6, 6.07) is 7.06. The van der Waals surface area contributed by atoms with Crippen LogP contribution in [-0.4, -0.2) is 38.5 Å². The molecule has 0 unspecified atom stereocenters. The number of rotatable bonds is 6. The molecule has 172 valence electrons. The highest BCUT2D eigenvalue weighted by Gasteiger charge is 2.36. The van der Waals surface area contributed by atoms with Crippen molar-refractivity contribution >= 4 is 15.8 Å². The van der Waals surface area contributed by atoms with Crippen molar-refractivity contribution in [1.82, 2.24) is 24.8 Å². The van der Waals surface area contributed by atoms with Crippen LogP contribution in [-0.2, 0) is 35.8 Å². The van der Waals surface area contributed by atoms with Gasteiger partial charge in [0.1, 0.15) is 12.1 Å². The van der Waals surface area contributed by atoms with E-state index in [-0.39, 0.29) is 16.8 Å². The number of benzene rings is 1. The standard InChI is InChI=1S/C21H19F3N6O2S/c22-21(23,24)19-8-25-7-18(28-19)13-1-2-14-9-30(10-15(14)5-13)11-16-6-20(27-12-26-16)29-33(31,32)17-3-4-17/h1-2,5-8,12,17H,3-4,9-11H2,(H,26,27,29). The maximum atomic E-state index is 13.0. The second kappa shape index (κ2) is 8.03. The molecule has 2 aromatic heterocycles. The van der Waals surface area contributed by atoms with Crippen molar-refractivity contribution in [2.75, 3.05) is 4.72 Å². The Labute approximate surface area is 188 Å². The van der Waals surface area contributed by atoms with Crippen LogP contribution in [0.5, 0.6) is 0 Å². The first-order valence-corrected chi connectivity index (χ1v) is 11.8. The highest BCUT2D eigenvalue weighted by molar-refractivity contribution is 7.93. The molecule has 1 aliphatic carbocycles. The third-order valence-corrected chi connectivity index (χ3v) is 7.38. The van der Waals surface area contributed by atoms with Gasteiger partial charge in [0, 0.05) is 31.3 Å². The molecule has 1 N–H and O–H groups in total. The zero-order valence-electron chi connectivity index (χ0n) is 17.2. The van der Waals surface area contributed by atoms with Crippen LogP contribution in [0.15, 0.2) is 43.0 Å². The summed E-state index contributed by atoms with van der Waals surface area (Å²) in [6.45, 7) is 1.67. The van der Waals surface area contributed by atoms with Crippen molar-refractivity contribution in [3.05, 3.63) is 65.5 Å². The van der Waals surface area contributed by atoms with E-state index in [1.165, 1.54) is 12.5 Å². The summed E-state index contributed by atoms with van der Waals surface area (Å²) in [4.78, 5) is 17.7. The molecule has 0 atom stereocenters. The molecule has 2 aliphatic rings. The molecule has 3 heterocycles. The Morgan fingerprint density at radius 2 is 1.85 bits per heavy atom. The van der Waals surface area contributed by atoms with Gasteiger partial charge in [-0.3, -0.25) is 14.6 Å². The minimum atomic E-state index is -4.56. The molecule has 0 radical (unpaired) electrons. The topological polar surface area (TPSA) is 101 Å². The normalized spacial score (nSPS) is 16.6. The van der Waals surface area contributed by atoms with Gasteiger partial charge in [-0.25, -0.2) is 23.4 Å². The predicted molar refractivity (Wildman–Crippen MR) is 113 cm³/mol. The number of anilines is 1. The van der Waals surface area contributed by atoms with E-state index in [9.17, 15) is 21.6 Å². The molecule has 0 bridgehead atoms. The Morgan fingerprint density at radius 1 is 1.06 bits per heavy atom. The lowest BCUT2D eigenvalue weighted by atomic mass is 10.0. The summed E-state index contributed by atoms with van der Waals surface area (Å²) in [6.07, 6.45) is 0.113. The van der Waals surface area contributed by atoms with Crippen LogP contribution in [0.4, 0.5) is 19.0 Å². The average molecular weight is 476 g/mol. The fraction of sp³-hybridized carbons (Fsp3) is 0.333. The molecule has 3 aromatic rings. The number of hydrogen-bond acceptors (Lipinski definition) is 7. The number of nitrogens with one attached hydrogen (secondary N) is 1. The van der Waals surface area contributed by atoms with Crippen LogP contribution in [0.2, 0.25) is 0 Å². The van der Waals surface area contributed by atoms with Gasteiger partial charge in [0.2, 0.25) is 10.0 Å². The SMILES string of the molecule is O=S(=O)(Nc1cc(CN2Cc3ccc(-c4cncc(C(F)(F)F)n4)cc3C2)ncn1)C1CC1. The summed E-state index contributed by atoms with van der Waals surface area (Å²) in [5.74, 6) is 0.244. The maximum absolute atomic E-state index is 13.0. The number of hydrogen-bond donors (Lipinski definition) is 1. The lowest BCUT2D eigenvalue weighted by Gasteiger charge is -2.14. The molecule has 1 saturated carbocycles. The molecule has 5 rings (SSSR count). The highest BCUT2D eigenvalue weighted by Crippen LogP contribution is 2.32. The Hall–Kier alpha value is -3.12. The van der Waals surface area contributed by atoms with Crippen LogP contribution in [0.1, 0.15) is 35.4 Å². The maximum Gasteiger partial charge on any atom is 0.434 e. The van der Waals surface area contributed by atoms with Crippen molar-refractivity contribution in [2.45, 2.75) is 43.9 Å². The van der Waals surface area contributed by atoms with Crippen molar-refractivity contribution < 1.29 is 21.6 Å². The number of sulfonamides is 1. The third kappa shape index (κ3) is 4.81. The van der Waals surface area contributed by atoms with Crippen LogP contribution in [0.25, 0.3) is 11.3 Å². The fourth-order valence-electron chi connectivity index (χ4n) is 3.75. The van der Waals surface area contributed by atoms with Gasteiger partial charge in [-0.15, -0.1) is 0 Å². The lowest BCUT2D eigenvalue weighted by Crippen LogP contribution is -2.20. The van der Waals surface area contributed by atoms with Crippen molar-refractivity contribution in [1.29, 1.82) is 0 Å². The van der Waals surface area contributed by atoms with Crippen LogP contribution in [0, 0.1) is 0 Å². The van der Waals surface area contributed by atoms with Gasteiger partial charge in [-0.2, -0.15) is 13.2 Å². The van der Waals surface area contributed by atoms with Gasteiger partial charge in [0.25, 0.3) is 0 Å². The first-order chi connectivity index (χ1) is 15.7. The number of aromatic nitrogens is 4. The van der Waals surface area contributed by atoms with Gasteiger partial charge in [0.15, 0.2) is 5.69 Å². The molecular weight excluding hydrogens is 457 g/mol. The lowest BCUT2D eigenvalue weighted by molar-refractivity contribution is -0.141. The number of nitrogens with zero attached hydrogens (tertiary/aromatic N) is 5. The third-order valence-electron chi connectivity index (χ3n) is 5.53. The number of alkyl halides is 3. The molecule has 33 heavy (non-hydrogen) atoms. The second-order valence-electron chi connectivity index (χ2n) is 8.16. The van der Waals surface area contributed by atoms with E-state index in [1.807, 2.05) is 12.1 Å². The number of halogens is 3. The van der Waals surface area contributed by atoms with Crippen molar-refractivity contribution in [2.24, 2.45) is 0 Å². The molecule has 0 amide bonds. The molecule has 0 spiro atoms. The van der Waals surface area contributed by atoms with E-state index in [1.54, 1.807) is 12.1 Å². The molecule has 1 aromatic carbocycles. The van der Waals surface area contributed by atoms with Gasteiger partial charge < -0.3 is 0 Å². The van der Waals surface area contributed by atoms with E-state index in [4.69, 9.17) is 0 Å². The monoisotopic (exact) mass is 476 g/mol. The van der Waals surface area contributed by atoms with E-state index in [2.05, 4.69) is 29.6 Å². The highest BCUT2D eigenvalue weighted by atomic mass is 32.2. The molecule has 12 heteroatoms. The Morgan fingerprint density at radius 3 is 2.61 bits per heavy atom. The van der Waals surface area contributed by atoms with Crippen LogP contribution in [0.3, 0.4) is 0 Å². The zero-order valence-corrected chi connectivity index (χ0v) is 18.1. The zero-order chi connectivity index (χ0) is 23.2. The fourth-order valence-corrected chi connectivity index (χ4v) is 5.08. The molecule has 1 fully saturated rings. The van der Waals surface area contributed by atoms with Gasteiger partial charge in [-0.05, 0) is 30.0 Å². The largest absolute Gasteiger partial charge is 0.434 e. The van der Waals surface area contributed by atoms with E-state index in [0.717, 1.165) is 11.1 Å². The van der Waals surface area contributed by atoms with Gasteiger partial charge in [-0.1, -0.05) is 12.1 Å². The summed E-state index contributed by atoms with van der Waals surface area (Å²) in [5.41, 5.74) is 2.40. The average Bonchev–Trinajstić information content (AvgIpc) is 3.55. The van der Waals surface area contributed by atoms with Crippen LogP contribution < -0.4 is 4.72 Å². The van der Waals surface area contributed by atoms with Crippen molar-refractivity contribution in [3.63, 3.8) is 0 Å². The van der Waals surface area contributed by atoms with Gasteiger partial charge in [0.05, 0.1) is 29.0 Å². The minimum absolute atomic E-state index is 0.162. The van der Waals surface area contributed by atoms with E-state index < -0.39 is 21.9 Å². The second-order valence-corrected chi connectivity index (χ2v) is 10.1. The summed E-state index contributed by atoms with van der Waals surface area (Å²) in [7, 11) is -3.41. The Kier molecular flexibility index (Phi) is 5.28. The summed E-state index contributed by atoms with van der Waals surface area (Å²) < 4.78 is 65.7. The smallest absolute Gasteiger partial charge is 0.289 e. The first kappa shape index (κ1) is 21.7. The quantitative estimate of drug-likeness (QED) is 0.582. The first-order valence-electron chi connectivity index (χ1n) is 10.2. The molecular formula is C21H19F3N6O2S. The van der Waals surface area contributed by atoms with Gasteiger partial charge >= 0.3 is 6.18 Å². The predicted octanol–water partition coefficient (Wildman–Crippen LogP) is 3.37. The molecule has 1 aliphatic heterocycles. The van der Waals surface area contributed by atoms with Crippen molar-refractivity contribution in [3.8, 4) is 11.3 Å². The Bertz CT molecular complexity index is 1310. The molecule has 8 nitrogen and oxygen atoms in total. The summed E-state index contributed by atoms with van der Waals surface area (Å²) in [5, 5.41) is -0.347. The van der Waals surface area contributed by atoms with Crippen LogP contribution >= 0.6 is 0 Å². The van der Waals surface area contributed by atoms with E-state index >= 15 is 0 Å². The Balaban J connectivity index is 1.29. The number of fused-ring (bicyclic) bond motifs is 1.